The fourth-order valence-electron chi connectivity index (χ4n) is 3.27. The molecule has 1 N–H and O–H groups in total. The molecule has 0 fully saturated rings. The highest BCUT2D eigenvalue weighted by Gasteiger charge is 2.16. The van der Waals surface area contributed by atoms with Gasteiger partial charge in [-0.2, -0.15) is 0 Å². The molecular formula is C24H33NO6. The van der Waals surface area contributed by atoms with E-state index in [0.29, 0.717) is 36.1 Å². The van der Waals surface area contributed by atoms with Crippen LogP contribution in [-0.2, 0) is 16.0 Å². The van der Waals surface area contributed by atoms with Gasteiger partial charge in [0.15, 0.2) is 0 Å². The molecule has 0 aliphatic carbocycles. The lowest BCUT2D eigenvalue weighted by atomic mass is 10.0. The molecule has 7 heteroatoms. The molecular weight excluding hydrogens is 398 g/mol. The Balaban J connectivity index is 1.90. The van der Waals surface area contributed by atoms with Gasteiger partial charge in [0.2, 0.25) is 0 Å². The highest BCUT2D eigenvalue weighted by molar-refractivity contribution is 5.90. The lowest BCUT2D eigenvalue weighted by Gasteiger charge is -2.19. The first kappa shape index (κ1) is 24.4. The fourth-order valence-corrected chi connectivity index (χ4v) is 3.27. The molecule has 1 aromatic heterocycles. The largest absolute Gasteiger partial charge is 0.444 e. The third-order valence-electron chi connectivity index (χ3n) is 4.50. The summed E-state index contributed by atoms with van der Waals surface area (Å²) in [5, 5.41) is 3.39. The predicted octanol–water partition coefficient (Wildman–Crippen LogP) is 5.04. The van der Waals surface area contributed by atoms with E-state index in [1.54, 1.807) is 12.1 Å². The standard InChI is InChI=1S/C24H33NO6/c1-6-10-17-15-21(27)30-19-14-16(2)13-18(22(17)19)29-20(26)11-8-7-9-12-25-23(28)31-24(3,4)5/h13-15H,6-12H2,1-5H3,(H,25,28). The Morgan fingerprint density at radius 1 is 1.10 bits per heavy atom. The van der Waals surface area contributed by atoms with Crippen molar-refractivity contribution in [1.29, 1.82) is 0 Å². The first-order valence-electron chi connectivity index (χ1n) is 10.8. The van der Waals surface area contributed by atoms with E-state index in [1.807, 2.05) is 34.6 Å². The molecule has 0 spiro atoms. The van der Waals surface area contributed by atoms with Crippen LogP contribution in [0, 0.1) is 6.92 Å². The molecule has 7 nitrogen and oxygen atoms in total. The summed E-state index contributed by atoms with van der Waals surface area (Å²) in [5.41, 5.74) is 1.18. The van der Waals surface area contributed by atoms with Crippen molar-refractivity contribution in [2.24, 2.45) is 0 Å². The van der Waals surface area contributed by atoms with Crippen LogP contribution in [0.5, 0.6) is 5.75 Å². The summed E-state index contributed by atoms with van der Waals surface area (Å²) in [6, 6.07) is 5.05. The second-order valence-electron chi connectivity index (χ2n) is 8.69. The summed E-state index contributed by atoms with van der Waals surface area (Å²) in [6.07, 6.45) is 3.54. The monoisotopic (exact) mass is 431 g/mol. The lowest BCUT2D eigenvalue weighted by Crippen LogP contribution is -2.33. The molecule has 0 aliphatic rings. The number of amides is 1. The molecule has 31 heavy (non-hydrogen) atoms. The Hall–Kier alpha value is -2.83. The van der Waals surface area contributed by atoms with Crippen molar-refractivity contribution in [3.63, 3.8) is 0 Å². The number of carbonyl (C=O) groups excluding carboxylic acids is 2. The van der Waals surface area contributed by atoms with Crippen LogP contribution in [0.1, 0.15) is 70.9 Å². The minimum Gasteiger partial charge on any atom is -0.444 e. The number of carbonyl (C=O) groups is 2. The number of nitrogens with one attached hydrogen (secondary N) is 1. The SMILES string of the molecule is CCCc1cc(=O)oc2cc(C)cc(OC(=O)CCCCCNC(=O)OC(C)(C)C)c12. The number of esters is 1. The second kappa shape index (κ2) is 11.0. The summed E-state index contributed by atoms with van der Waals surface area (Å²) in [6.45, 7) is 9.82. The second-order valence-corrected chi connectivity index (χ2v) is 8.69. The quantitative estimate of drug-likeness (QED) is 0.259. The van der Waals surface area contributed by atoms with E-state index in [-0.39, 0.29) is 12.4 Å². The Kier molecular flexibility index (Phi) is 8.65. The average molecular weight is 432 g/mol. The van der Waals surface area contributed by atoms with Crippen LogP contribution in [0.15, 0.2) is 27.4 Å². The zero-order chi connectivity index (χ0) is 23.0. The molecule has 170 valence electrons. The minimum absolute atomic E-state index is 0.266. The first-order valence-corrected chi connectivity index (χ1v) is 10.8. The van der Waals surface area contributed by atoms with Gasteiger partial charge in [-0.3, -0.25) is 4.79 Å². The zero-order valence-electron chi connectivity index (χ0n) is 19.1. The number of benzene rings is 1. The van der Waals surface area contributed by atoms with Crippen molar-refractivity contribution in [3.8, 4) is 5.75 Å². The maximum absolute atomic E-state index is 12.4. The van der Waals surface area contributed by atoms with E-state index in [1.165, 1.54) is 6.07 Å². The van der Waals surface area contributed by atoms with Crippen LogP contribution in [0.2, 0.25) is 0 Å². The van der Waals surface area contributed by atoms with Gasteiger partial charge in [-0.25, -0.2) is 9.59 Å². The van der Waals surface area contributed by atoms with Crippen LogP contribution < -0.4 is 15.7 Å². The van der Waals surface area contributed by atoms with Gasteiger partial charge in [0.25, 0.3) is 0 Å². The van der Waals surface area contributed by atoms with Gasteiger partial charge in [0.05, 0.1) is 5.39 Å². The average Bonchev–Trinajstić information content (AvgIpc) is 2.62. The molecule has 0 saturated carbocycles. The third kappa shape index (κ3) is 8.07. The van der Waals surface area contributed by atoms with Crippen molar-refractivity contribution in [1.82, 2.24) is 5.32 Å². The van der Waals surface area contributed by atoms with Crippen molar-refractivity contribution in [2.45, 2.75) is 78.7 Å². The fraction of sp³-hybridized carbons (Fsp3) is 0.542. The number of hydrogen-bond acceptors (Lipinski definition) is 6. The number of rotatable bonds is 9. The molecule has 1 amide bonds. The molecule has 0 saturated heterocycles. The summed E-state index contributed by atoms with van der Waals surface area (Å²) >= 11 is 0. The van der Waals surface area contributed by atoms with E-state index in [2.05, 4.69) is 5.32 Å². The number of aryl methyl sites for hydroxylation is 2. The summed E-state index contributed by atoms with van der Waals surface area (Å²) in [5.74, 6) is 0.0967. The Morgan fingerprint density at radius 3 is 2.52 bits per heavy atom. The summed E-state index contributed by atoms with van der Waals surface area (Å²) in [4.78, 5) is 35.8. The Morgan fingerprint density at radius 2 is 1.84 bits per heavy atom. The molecule has 0 atom stereocenters. The van der Waals surface area contributed by atoms with Gasteiger partial charge in [-0.1, -0.05) is 19.8 Å². The highest BCUT2D eigenvalue weighted by Crippen LogP contribution is 2.31. The van der Waals surface area contributed by atoms with Crippen molar-refractivity contribution >= 4 is 23.0 Å². The molecule has 0 radical (unpaired) electrons. The first-order chi connectivity index (χ1) is 14.6. The topological polar surface area (TPSA) is 94.8 Å². The van der Waals surface area contributed by atoms with Gasteiger partial charge < -0.3 is 19.2 Å². The van der Waals surface area contributed by atoms with Crippen LogP contribution in [0.25, 0.3) is 11.0 Å². The van der Waals surface area contributed by atoms with E-state index in [0.717, 1.165) is 30.4 Å². The van der Waals surface area contributed by atoms with Gasteiger partial charge in [0.1, 0.15) is 16.9 Å². The maximum Gasteiger partial charge on any atom is 0.407 e. The van der Waals surface area contributed by atoms with Gasteiger partial charge in [-0.05, 0) is 70.2 Å². The Bertz CT molecular complexity index is 970. The van der Waals surface area contributed by atoms with Crippen LogP contribution in [0.4, 0.5) is 4.79 Å². The van der Waals surface area contributed by atoms with Crippen LogP contribution in [0.3, 0.4) is 0 Å². The van der Waals surface area contributed by atoms with E-state index in [4.69, 9.17) is 13.9 Å². The molecule has 1 heterocycles. The zero-order valence-corrected chi connectivity index (χ0v) is 19.1. The van der Waals surface area contributed by atoms with Gasteiger partial charge in [-0.15, -0.1) is 0 Å². The predicted molar refractivity (Wildman–Crippen MR) is 120 cm³/mol. The minimum atomic E-state index is -0.520. The third-order valence-corrected chi connectivity index (χ3v) is 4.50. The van der Waals surface area contributed by atoms with E-state index < -0.39 is 17.3 Å². The molecule has 0 bridgehead atoms. The van der Waals surface area contributed by atoms with E-state index >= 15 is 0 Å². The highest BCUT2D eigenvalue weighted by atomic mass is 16.6. The normalized spacial score (nSPS) is 11.4. The van der Waals surface area contributed by atoms with Crippen molar-refractivity contribution < 1.29 is 23.5 Å². The smallest absolute Gasteiger partial charge is 0.407 e. The Labute approximate surface area is 183 Å². The van der Waals surface area contributed by atoms with Crippen LogP contribution in [-0.4, -0.2) is 24.2 Å². The summed E-state index contributed by atoms with van der Waals surface area (Å²) < 4.78 is 16.2. The molecule has 0 aliphatic heterocycles. The van der Waals surface area contributed by atoms with Gasteiger partial charge >= 0.3 is 17.7 Å². The number of alkyl carbamates (subject to hydrolysis) is 1. The van der Waals surface area contributed by atoms with Gasteiger partial charge in [0, 0.05) is 19.0 Å². The summed E-state index contributed by atoms with van der Waals surface area (Å²) in [7, 11) is 0. The number of ether oxygens (including phenoxy) is 2. The van der Waals surface area contributed by atoms with E-state index in [9.17, 15) is 14.4 Å². The lowest BCUT2D eigenvalue weighted by molar-refractivity contribution is -0.134. The maximum atomic E-state index is 12.4. The van der Waals surface area contributed by atoms with Crippen molar-refractivity contribution in [2.75, 3.05) is 6.54 Å². The number of hydrogen-bond donors (Lipinski definition) is 1. The molecule has 1 aromatic carbocycles. The number of unbranched alkanes of at least 4 members (excludes halogenated alkanes) is 2. The molecule has 2 aromatic rings. The number of fused-ring (bicyclic) bond motifs is 1. The van der Waals surface area contributed by atoms with Crippen LogP contribution >= 0.6 is 0 Å². The van der Waals surface area contributed by atoms with Crippen molar-refractivity contribution in [3.05, 3.63) is 39.7 Å². The molecule has 0 unspecified atom stereocenters. The molecule has 2 rings (SSSR count).